The average Bonchev–Trinajstić information content (AvgIpc) is 2.84. The lowest BCUT2D eigenvalue weighted by atomic mass is 10.4. The molecular weight excluding hydrogens is 266 g/mol. The first-order valence-corrected chi connectivity index (χ1v) is 8.47. The zero-order valence-electron chi connectivity index (χ0n) is 9.00. The molecule has 0 aliphatic carbocycles. The molecule has 96 valence electrons. The van der Waals surface area contributed by atoms with E-state index in [-0.39, 0.29) is 24.5 Å². The molecule has 6 nitrogen and oxygen atoms in total. The first-order chi connectivity index (χ1) is 7.89. The fourth-order valence-corrected chi connectivity index (χ4v) is 5.75. The van der Waals surface area contributed by atoms with Crippen LogP contribution in [0.25, 0.3) is 0 Å². The van der Waals surface area contributed by atoms with Crippen molar-refractivity contribution >= 4 is 19.9 Å². The van der Waals surface area contributed by atoms with Gasteiger partial charge in [-0.25, -0.2) is 21.6 Å². The predicted molar refractivity (Wildman–Crippen MR) is 61.5 cm³/mol. The zero-order valence-corrected chi connectivity index (χ0v) is 10.6. The fourth-order valence-electron chi connectivity index (χ4n) is 1.71. The van der Waals surface area contributed by atoms with Crippen molar-refractivity contribution in [2.75, 3.05) is 11.5 Å². The summed E-state index contributed by atoms with van der Waals surface area (Å²) in [6.45, 7) is 0.0475. The van der Waals surface area contributed by atoms with Crippen LogP contribution >= 0.6 is 0 Å². The highest BCUT2D eigenvalue weighted by molar-refractivity contribution is 7.95. The maximum absolute atomic E-state index is 11.8. The van der Waals surface area contributed by atoms with E-state index in [0.29, 0.717) is 5.76 Å². The van der Waals surface area contributed by atoms with E-state index in [2.05, 4.69) is 4.72 Å². The highest BCUT2D eigenvalue weighted by atomic mass is 32.2. The van der Waals surface area contributed by atoms with Crippen LogP contribution in [0.3, 0.4) is 0 Å². The van der Waals surface area contributed by atoms with E-state index >= 15 is 0 Å². The van der Waals surface area contributed by atoms with Crippen LogP contribution in [-0.4, -0.2) is 33.6 Å². The third-order valence-corrected chi connectivity index (χ3v) is 6.46. The van der Waals surface area contributed by atoms with Crippen LogP contribution in [0.5, 0.6) is 0 Å². The molecule has 1 atom stereocenters. The highest BCUT2D eigenvalue weighted by Gasteiger charge is 2.36. The standard InChI is InChI=1S/C9H13NO5S2/c11-16(12)5-3-9(7-16)17(13,14)10-6-8-2-1-4-15-8/h1-2,4,9-10H,3,5-7H2/t9-/m0/s1. The Labute approximate surface area is 100.0 Å². The Morgan fingerprint density at radius 2 is 2.24 bits per heavy atom. The fraction of sp³-hybridized carbons (Fsp3) is 0.556. The number of hydrogen-bond donors (Lipinski definition) is 1. The first-order valence-electron chi connectivity index (χ1n) is 5.10. The molecule has 0 saturated carbocycles. The second kappa shape index (κ2) is 4.43. The van der Waals surface area contributed by atoms with Gasteiger partial charge in [-0.3, -0.25) is 0 Å². The van der Waals surface area contributed by atoms with Crippen LogP contribution < -0.4 is 4.72 Å². The number of nitrogens with one attached hydrogen (secondary N) is 1. The van der Waals surface area contributed by atoms with Crippen molar-refractivity contribution in [2.45, 2.75) is 18.2 Å². The summed E-state index contributed by atoms with van der Waals surface area (Å²) in [6, 6.07) is 3.30. The first kappa shape index (κ1) is 12.6. The van der Waals surface area contributed by atoms with Crippen molar-refractivity contribution in [2.24, 2.45) is 0 Å². The molecule has 2 heterocycles. The van der Waals surface area contributed by atoms with Crippen LogP contribution in [0, 0.1) is 0 Å². The van der Waals surface area contributed by atoms with E-state index in [1.807, 2.05) is 0 Å². The molecule has 1 saturated heterocycles. The summed E-state index contributed by atoms with van der Waals surface area (Å²) < 4.78 is 53.4. The minimum Gasteiger partial charge on any atom is -0.468 e. The van der Waals surface area contributed by atoms with Gasteiger partial charge in [0.1, 0.15) is 5.76 Å². The van der Waals surface area contributed by atoms with E-state index in [1.165, 1.54) is 6.26 Å². The van der Waals surface area contributed by atoms with E-state index in [9.17, 15) is 16.8 Å². The number of sulfonamides is 1. The third kappa shape index (κ3) is 3.08. The molecule has 1 N–H and O–H groups in total. The summed E-state index contributed by atoms with van der Waals surface area (Å²) in [5.74, 6) is 0.147. The second-order valence-electron chi connectivity index (χ2n) is 3.97. The molecule has 0 bridgehead atoms. The number of rotatable bonds is 4. The second-order valence-corrected chi connectivity index (χ2v) is 8.24. The summed E-state index contributed by atoms with van der Waals surface area (Å²) in [5, 5.41) is -0.845. The molecule has 8 heteroatoms. The molecule has 0 radical (unpaired) electrons. The van der Waals surface area contributed by atoms with E-state index in [0.717, 1.165) is 0 Å². The Kier molecular flexibility index (Phi) is 3.28. The lowest BCUT2D eigenvalue weighted by molar-refractivity contribution is 0.497. The number of hydrogen-bond acceptors (Lipinski definition) is 5. The predicted octanol–water partition coefficient (Wildman–Crippen LogP) is -0.114. The normalized spacial score (nSPS) is 23.9. The van der Waals surface area contributed by atoms with Gasteiger partial charge in [0.15, 0.2) is 9.84 Å². The molecule has 1 aliphatic heterocycles. The zero-order chi connectivity index (χ0) is 12.5. The summed E-state index contributed by atoms with van der Waals surface area (Å²) in [6.07, 6.45) is 1.61. The van der Waals surface area contributed by atoms with Crippen LogP contribution in [0.1, 0.15) is 12.2 Å². The maximum Gasteiger partial charge on any atom is 0.215 e. The van der Waals surface area contributed by atoms with Gasteiger partial charge in [-0.2, -0.15) is 0 Å². The van der Waals surface area contributed by atoms with Gasteiger partial charge in [0, 0.05) is 0 Å². The van der Waals surface area contributed by atoms with Gasteiger partial charge in [0.25, 0.3) is 0 Å². The molecule has 0 aromatic carbocycles. The average molecular weight is 279 g/mol. The van der Waals surface area contributed by atoms with Gasteiger partial charge in [0.2, 0.25) is 10.0 Å². The van der Waals surface area contributed by atoms with Crippen LogP contribution in [0.2, 0.25) is 0 Å². The largest absolute Gasteiger partial charge is 0.468 e. The smallest absolute Gasteiger partial charge is 0.215 e. The summed E-state index contributed by atoms with van der Waals surface area (Å²) in [5.41, 5.74) is 0. The van der Waals surface area contributed by atoms with E-state index in [4.69, 9.17) is 4.42 Å². The quantitative estimate of drug-likeness (QED) is 0.829. The van der Waals surface area contributed by atoms with E-state index < -0.39 is 25.1 Å². The van der Waals surface area contributed by atoms with Crippen molar-refractivity contribution in [1.29, 1.82) is 0 Å². The SMILES string of the molecule is O=S1(=O)CC[C@H](S(=O)(=O)NCc2ccco2)C1. The minimum absolute atomic E-state index is 0.0475. The molecule has 0 amide bonds. The van der Waals surface area contributed by atoms with Crippen molar-refractivity contribution in [3.63, 3.8) is 0 Å². The molecule has 1 aliphatic rings. The Balaban J connectivity index is 2.00. The van der Waals surface area contributed by atoms with Crippen molar-refractivity contribution in [3.05, 3.63) is 24.2 Å². The minimum atomic E-state index is -3.60. The lowest BCUT2D eigenvalue weighted by Gasteiger charge is -2.10. The molecule has 2 rings (SSSR count). The van der Waals surface area contributed by atoms with Crippen molar-refractivity contribution < 1.29 is 21.3 Å². The Morgan fingerprint density at radius 1 is 1.47 bits per heavy atom. The van der Waals surface area contributed by atoms with Crippen molar-refractivity contribution in [1.82, 2.24) is 4.72 Å². The number of sulfone groups is 1. The van der Waals surface area contributed by atoms with Crippen molar-refractivity contribution in [3.8, 4) is 0 Å². The Hall–Kier alpha value is -0.860. The monoisotopic (exact) mass is 279 g/mol. The molecular formula is C9H13NO5S2. The highest BCUT2D eigenvalue weighted by Crippen LogP contribution is 2.18. The lowest BCUT2D eigenvalue weighted by Crippen LogP contribution is -2.34. The molecule has 1 aromatic heterocycles. The molecule has 1 fully saturated rings. The summed E-state index contributed by atoms with van der Waals surface area (Å²) >= 11 is 0. The van der Waals surface area contributed by atoms with Gasteiger partial charge in [-0.15, -0.1) is 0 Å². The van der Waals surface area contributed by atoms with Gasteiger partial charge in [0.05, 0.1) is 29.6 Å². The molecule has 1 aromatic rings. The van der Waals surface area contributed by atoms with E-state index in [1.54, 1.807) is 12.1 Å². The number of furan rings is 1. The topological polar surface area (TPSA) is 93.5 Å². The van der Waals surface area contributed by atoms with Gasteiger partial charge < -0.3 is 4.42 Å². The van der Waals surface area contributed by atoms with Gasteiger partial charge in [-0.1, -0.05) is 0 Å². The summed E-state index contributed by atoms with van der Waals surface area (Å²) in [7, 11) is -6.79. The summed E-state index contributed by atoms with van der Waals surface area (Å²) in [4.78, 5) is 0. The Morgan fingerprint density at radius 3 is 2.76 bits per heavy atom. The molecule has 17 heavy (non-hydrogen) atoms. The molecule has 0 unspecified atom stereocenters. The maximum atomic E-state index is 11.8. The molecule has 0 spiro atoms. The van der Waals surface area contributed by atoms with Crippen LogP contribution in [-0.2, 0) is 26.4 Å². The Bertz CT molecular complexity index is 573. The third-order valence-electron chi connectivity index (χ3n) is 2.66. The van der Waals surface area contributed by atoms with Gasteiger partial charge in [-0.05, 0) is 18.6 Å². The van der Waals surface area contributed by atoms with Crippen LogP contribution in [0.15, 0.2) is 22.8 Å². The van der Waals surface area contributed by atoms with Gasteiger partial charge >= 0.3 is 0 Å². The van der Waals surface area contributed by atoms with Crippen LogP contribution in [0.4, 0.5) is 0 Å².